The second kappa shape index (κ2) is 5.12. The SMILES string of the molecule is Cc1coc(/C=C(\C#N)C(=O)NC(C)C)n1. The van der Waals surface area contributed by atoms with Gasteiger partial charge in [0, 0.05) is 12.1 Å². The number of hydrogen-bond donors (Lipinski definition) is 1. The van der Waals surface area contributed by atoms with E-state index in [2.05, 4.69) is 10.3 Å². The summed E-state index contributed by atoms with van der Waals surface area (Å²) in [5.74, 6) is -0.165. The molecule has 0 fully saturated rings. The Hall–Kier alpha value is -2.09. The predicted molar refractivity (Wildman–Crippen MR) is 58.1 cm³/mol. The van der Waals surface area contributed by atoms with Crippen LogP contribution >= 0.6 is 0 Å². The van der Waals surface area contributed by atoms with Gasteiger partial charge < -0.3 is 9.73 Å². The highest BCUT2D eigenvalue weighted by Gasteiger charge is 2.11. The standard InChI is InChI=1S/C11H13N3O2/c1-7(2)13-11(15)9(5-12)4-10-14-8(3)6-16-10/h4,6-7H,1-3H3,(H,13,15)/b9-4+. The van der Waals surface area contributed by atoms with Crippen LogP contribution in [0.25, 0.3) is 6.08 Å². The molecular weight excluding hydrogens is 206 g/mol. The zero-order chi connectivity index (χ0) is 12.1. The minimum Gasteiger partial charge on any atom is -0.445 e. The highest BCUT2D eigenvalue weighted by atomic mass is 16.3. The quantitative estimate of drug-likeness (QED) is 0.615. The summed E-state index contributed by atoms with van der Waals surface area (Å²) in [5, 5.41) is 11.5. The van der Waals surface area contributed by atoms with Gasteiger partial charge in [0.05, 0.1) is 5.69 Å². The number of hydrogen-bond acceptors (Lipinski definition) is 4. The Morgan fingerprint density at radius 1 is 1.69 bits per heavy atom. The lowest BCUT2D eigenvalue weighted by molar-refractivity contribution is -0.117. The van der Waals surface area contributed by atoms with Crippen molar-refractivity contribution in [1.82, 2.24) is 10.3 Å². The van der Waals surface area contributed by atoms with E-state index in [9.17, 15) is 4.79 Å². The first-order chi connectivity index (χ1) is 7.52. The van der Waals surface area contributed by atoms with E-state index in [4.69, 9.17) is 9.68 Å². The van der Waals surface area contributed by atoms with Crippen LogP contribution in [0.1, 0.15) is 25.4 Å². The largest absolute Gasteiger partial charge is 0.445 e. The van der Waals surface area contributed by atoms with Crippen molar-refractivity contribution >= 4 is 12.0 Å². The minimum absolute atomic E-state index is 0.0180. The molecule has 5 nitrogen and oxygen atoms in total. The fraction of sp³-hybridized carbons (Fsp3) is 0.364. The smallest absolute Gasteiger partial charge is 0.262 e. The number of carbonyl (C=O) groups excluding carboxylic acids is 1. The molecule has 1 aromatic heterocycles. The molecule has 84 valence electrons. The third-order valence-electron chi connectivity index (χ3n) is 1.69. The van der Waals surface area contributed by atoms with Crippen LogP contribution in [0, 0.1) is 18.3 Å². The molecule has 5 heteroatoms. The fourth-order valence-electron chi connectivity index (χ4n) is 1.05. The molecule has 16 heavy (non-hydrogen) atoms. The van der Waals surface area contributed by atoms with Crippen molar-refractivity contribution in [3.63, 3.8) is 0 Å². The summed E-state index contributed by atoms with van der Waals surface area (Å²) in [6, 6.07) is 1.80. The number of nitriles is 1. The van der Waals surface area contributed by atoms with Crippen LogP contribution in [0.5, 0.6) is 0 Å². The Balaban J connectivity index is 2.87. The number of nitrogens with zero attached hydrogens (tertiary/aromatic N) is 2. The molecule has 0 aliphatic rings. The molecule has 1 aromatic rings. The van der Waals surface area contributed by atoms with Gasteiger partial charge in [-0.15, -0.1) is 0 Å². The van der Waals surface area contributed by atoms with Gasteiger partial charge >= 0.3 is 0 Å². The van der Waals surface area contributed by atoms with Crippen molar-refractivity contribution in [3.8, 4) is 6.07 Å². The van der Waals surface area contributed by atoms with E-state index in [1.165, 1.54) is 12.3 Å². The normalized spacial score (nSPS) is 11.3. The molecule has 1 N–H and O–H groups in total. The molecular formula is C11H13N3O2. The second-order valence-electron chi connectivity index (χ2n) is 3.63. The van der Waals surface area contributed by atoms with E-state index in [0.29, 0.717) is 5.69 Å². The van der Waals surface area contributed by atoms with E-state index in [-0.39, 0.29) is 17.5 Å². The Labute approximate surface area is 93.8 Å². The fourth-order valence-corrected chi connectivity index (χ4v) is 1.05. The maximum absolute atomic E-state index is 11.5. The van der Waals surface area contributed by atoms with E-state index in [1.54, 1.807) is 6.92 Å². The van der Waals surface area contributed by atoms with Crippen LogP contribution in [-0.4, -0.2) is 16.9 Å². The first kappa shape index (κ1) is 12.0. The molecule has 1 amide bonds. The van der Waals surface area contributed by atoms with Gasteiger partial charge in [0.1, 0.15) is 17.9 Å². The van der Waals surface area contributed by atoms with Gasteiger partial charge in [-0.05, 0) is 20.8 Å². The molecule has 0 atom stereocenters. The lowest BCUT2D eigenvalue weighted by atomic mass is 10.2. The Morgan fingerprint density at radius 2 is 2.38 bits per heavy atom. The summed E-state index contributed by atoms with van der Waals surface area (Å²) in [7, 11) is 0. The Kier molecular flexibility index (Phi) is 3.84. The van der Waals surface area contributed by atoms with Crippen LogP contribution in [0.4, 0.5) is 0 Å². The highest BCUT2D eigenvalue weighted by Crippen LogP contribution is 2.06. The van der Waals surface area contributed by atoms with Gasteiger partial charge in [-0.3, -0.25) is 4.79 Å². The van der Waals surface area contributed by atoms with Gasteiger partial charge in [0.2, 0.25) is 5.89 Å². The van der Waals surface area contributed by atoms with Gasteiger partial charge in [0.25, 0.3) is 5.91 Å². The number of nitrogens with one attached hydrogen (secondary N) is 1. The van der Waals surface area contributed by atoms with Crippen molar-refractivity contribution in [3.05, 3.63) is 23.4 Å². The topological polar surface area (TPSA) is 78.9 Å². The summed E-state index contributed by atoms with van der Waals surface area (Å²) < 4.78 is 5.03. The summed E-state index contributed by atoms with van der Waals surface area (Å²) in [6.07, 6.45) is 2.78. The number of amides is 1. The summed E-state index contributed by atoms with van der Waals surface area (Å²) in [6.45, 7) is 5.41. The third kappa shape index (κ3) is 3.24. The Bertz CT molecular complexity index is 452. The maximum atomic E-state index is 11.5. The maximum Gasteiger partial charge on any atom is 0.262 e. The van der Waals surface area contributed by atoms with Crippen LogP contribution < -0.4 is 5.32 Å². The third-order valence-corrected chi connectivity index (χ3v) is 1.69. The van der Waals surface area contributed by atoms with Gasteiger partial charge in [-0.1, -0.05) is 0 Å². The minimum atomic E-state index is -0.423. The molecule has 0 saturated heterocycles. The monoisotopic (exact) mass is 219 g/mol. The molecule has 0 bridgehead atoms. The van der Waals surface area contributed by atoms with E-state index in [1.807, 2.05) is 19.9 Å². The van der Waals surface area contributed by atoms with Gasteiger partial charge in [0.15, 0.2) is 0 Å². The first-order valence-electron chi connectivity index (χ1n) is 4.87. The Morgan fingerprint density at radius 3 is 2.81 bits per heavy atom. The van der Waals surface area contributed by atoms with E-state index in [0.717, 1.165) is 0 Å². The van der Waals surface area contributed by atoms with Crippen LogP contribution in [0.2, 0.25) is 0 Å². The van der Waals surface area contributed by atoms with Crippen molar-refractivity contribution in [1.29, 1.82) is 5.26 Å². The van der Waals surface area contributed by atoms with Crippen LogP contribution in [-0.2, 0) is 4.79 Å². The number of carbonyl (C=O) groups is 1. The lowest BCUT2D eigenvalue weighted by Crippen LogP contribution is -2.30. The second-order valence-corrected chi connectivity index (χ2v) is 3.63. The number of rotatable bonds is 3. The average molecular weight is 219 g/mol. The summed E-state index contributed by atoms with van der Waals surface area (Å²) >= 11 is 0. The lowest BCUT2D eigenvalue weighted by Gasteiger charge is -2.06. The van der Waals surface area contributed by atoms with E-state index < -0.39 is 5.91 Å². The van der Waals surface area contributed by atoms with Crippen LogP contribution in [0.3, 0.4) is 0 Å². The molecule has 0 aliphatic carbocycles. The summed E-state index contributed by atoms with van der Waals surface area (Å²) in [4.78, 5) is 15.5. The zero-order valence-corrected chi connectivity index (χ0v) is 9.44. The average Bonchev–Trinajstić information content (AvgIpc) is 2.59. The van der Waals surface area contributed by atoms with E-state index >= 15 is 0 Å². The molecule has 0 aromatic carbocycles. The molecule has 1 heterocycles. The number of oxazole rings is 1. The van der Waals surface area contributed by atoms with Gasteiger partial charge in [-0.25, -0.2) is 4.98 Å². The molecule has 0 saturated carbocycles. The predicted octanol–water partition coefficient (Wildman–Crippen LogP) is 1.41. The molecule has 1 rings (SSSR count). The number of aryl methyl sites for hydroxylation is 1. The summed E-state index contributed by atoms with van der Waals surface area (Å²) in [5.41, 5.74) is 0.684. The molecule has 0 spiro atoms. The van der Waals surface area contributed by atoms with Crippen LogP contribution in [0.15, 0.2) is 16.3 Å². The number of aromatic nitrogens is 1. The van der Waals surface area contributed by atoms with Crippen molar-refractivity contribution in [2.75, 3.05) is 0 Å². The van der Waals surface area contributed by atoms with Crippen molar-refractivity contribution < 1.29 is 9.21 Å². The van der Waals surface area contributed by atoms with Crippen molar-refractivity contribution in [2.24, 2.45) is 0 Å². The molecule has 0 radical (unpaired) electrons. The zero-order valence-electron chi connectivity index (χ0n) is 9.44. The molecule has 0 aliphatic heterocycles. The first-order valence-corrected chi connectivity index (χ1v) is 4.87. The van der Waals surface area contributed by atoms with Crippen molar-refractivity contribution in [2.45, 2.75) is 26.8 Å². The molecule has 0 unspecified atom stereocenters. The highest BCUT2D eigenvalue weighted by molar-refractivity contribution is 6.01. The van der Waals surface area contributed by atoms with Gasteiger partial charge in [-0.2, -0.15) is 5.26 Å².